The van der Waals surface area contributed by atoms with Crippen LogP contribution in [0.25, 0.3) is 11.3 Å². The number of nitrogens with two attached hydrogens (primary N) is 1. The van der Waals surface area contributed by atoms with E-state index in [4.69, 9.17) is 15.5 Å². The summed E-state index contributed by atoms with van der Waals surface area (Å²) in [6, 6.07) is 8.25. The van der Waals surface area contributed by atoms with Crippen LogP contribution in [-0.2, 0) is 19.5 Å². The van der Waals surface area contributed by atoms with Gasteiger partial charge in [-0.2, -0.15) is 8.78 Å². The number of primary amides is 1. The Labute approximate surface area is 212 Å². The topological polar surface area (TPSA) is 113 Å². The molecule has 2 heterocycles. The summed E-state index contributed by atoms with van der Waals surface area (Å²) >= 11 is 0. The number of aryl methyl sites for hydroxylation is 4. The molecule has 37 heavy (non-hydrogen) atoms. The molecule has 196 valence electrons. The molecule has 1 aliphatic heterocycles. The van der Waals surface area contributed by atoms with Crippen LogP contribution in [0.4, 0.5) is 19.3 Å². The number of methoxy groups -OCH3 is 1. The van der Waals surface area contributed by atoms with Gasteiger partial charge in [0.15, 0.2) is 11.5 Å². The number of carbonyl (C=O) groups is 1. The molecule has 3 aromatic rings. The number of ether oxygens (including phenoxy) is 2. The number of rotatable bonds is 7. The van der Waals surface area contributed by atoms with Crippen molar-refractivity contribution in [2.75, 3.05) is 13.7 Å². The molecule has 0 atom stereocenters. The fourth-order valence-corrected chi connectivity index (χ4v) is 4.75. The minimum Gasteiger partial charge on any atom is -0.493 e. The quantitative estimate of drug-likeness (QED) is 0.505. The van der Waals surface area contributed by atoms with Crippen molar-refractivity contribution in [1.29, 1.82) is 0 Å². The Hall–Kier alpha value is -4.15. The maximum atomic E-state index is 13.7. The van der Waals surface area contributed by atoms with Crippen molar-refractivity contribution in [2.45, 2.75) is 46.9 Å². The zero-order valence-corrected chi connectivity index (χ0v) is 21.1. The van der Waals surface area contributed by atoms with Gasteiger partial charge in [0.1, 0.15) is 5.49 Å². The minimum atomic E-state index is -3.00. The maximum Gasteiger partial charge on any atom is 0.387 e. The normalized spacial score (nSPS) is 12.8. The van der Waals surface area contributed by atoms with Gasteiger partial charge in [-0.15, -0.1) is 0 Å². The van der Waals surface area contributed by atoms with E-state index in [1.165, 1.54) is 17.7 Å². The number of carbonyl (C=O) groups excluding carboxylic acids is 1. The van der Waals surface area contributed by atoms with Crippen LogP contribution in [0.5, 0.6) is 11.5 Å². The number of alkyl halides is 2. The lowest BCUT2D eigenvalue weighted by atomic mass is 9.97. The number of amides is 2. The molecule has 0 aliphatic carbocycles. The highest BCUT2D eigenvalue weighted by atomic mass is 19.3. The third-order valence-corrected chi connectivity index (χ3v) is 6.28. The summed E-state index contributed by atoms with van der Waals surface area (Å²) in [7, 11) is 1.37. The number of hydrogen-bond donors (Lipinski definition) is 2. The first-order chi connectivity index (χ1) is 17.6. The highest BCUT2D eigenvalue weighted by molar-refractivity contribution is 5.71. The lowest BCUT2D eigenvalue weighted by molar-refractivity contribution is -0.0512. The van der Waals surface area contributed by atoms with E-state index < -0.39 is 12.6 Å². The Bertz CT molecular complexity index is 1470. The van der Waals surface area contributed by atoms with Gasteiger partial charge in [0.2, 0.25) is 0 Å². The van der Waals surface area contributed by atoms with E-state index in [0.717, 1.165) is 27.9 Å². The summed E-state index contributed by atoms with van der Waals surface area (Å²) in [4.78, 5) is 29.8. The fraction of sp³-hybridized carbons (Fsp3) is 0.346. The average molecular weight is 514 g/mol. The van der Waals surface area contributed by atoms with E-state index in [-0.39, 0.29) is 30.3 Å². The van der Waals surface area contributed by atoms with Crippen molar-refractivity contribution in [3.8, 4) is 22.8 Å². The van der Waals surface area contributed by atoms with Gasteiger partial charge in [-0.05, 0) is 56.0 Å². The van der Waals surface area contributed by atoms with Gasteiger partial charge in [-0.1, -0.05) is 17.7 Å². The second-order valence-electron chi connectivity index (χ2n) is 8.91. The van der Waals surface area contributed by atoms with Crippen LogP contribution >= 0.6 is 0 Å². The first-order valence-corrected chi connectivity index (χ1v) is 11.8. The van der Waals surface area contributed by atoms with E-state index >= 15 is 0 Å². The number of nitrogens with one attached hydrogen (secondary N) is 1. The van der Waals surface area contributed by atoms with Crippen molar-refractivity contribution in [2.24, 2.45) is 10.7 Å². The standard InChI is InChI=1S/C26H29F2N5O4/c1-14-9-15(2)23(16(3)10-14)31-22-13-19-18-12-20(36-4)21(37-24(27)28)11-17(18)5-7-32(19)26(35)33(22)8-6-30-25(29)34/h9-13,24H,5-8H2,1-4H3,(H3,29,30,34). The number of halogens is 2. The van der Waals surface area contributed by atoms with Crippen LogP contribution in [0, 0.1) is 20.8 Å². The van der Waals surface area contributed by atoms with Crippen LogP contribution in [0.2, 0.25) is 0 Å². The smallest absolute Gasteiger partial charge is 0.387 e. The Morgan fingerprint density at radius 1 is 1.14 bits per heavy atom. The first-order valence-electron chi connectivity index (χ1n) is 11.8. The maximum absolute atomic E-state index is 13.7. The summed E-state index contributed by atoms with van der Waals surface area (Å²) in [5.41, 5.74) is 11.0. The molecule has 1 aliphatic rings. The number of nitrogens with zero attached hydrogens (tertiary/aromatic N) is 3. The van der Waals surface area contributed by atoms with Crippen molar-refractivity contribution < 1.29 is 23.0 Å². The summed E-state index contributed by atoms with van der Waals surface area (Å²) in [5, 5.41) is 2.51. The monoisotopic (exact) mass is 513 g/mol. The van der Waals surface area contributed by atoms with Crippen molar-refractivity contribution in [3.05, 3.63) is 68.6 Å². The lowest BCUT2D eigenvalue weighted by Crippen LogP contribution is -2.44. The molecular weight excluding hydrogens is 484 g/mol. The van der Waals surface area contributed by atoms with E-state index in [0.29, 0.717) is 29.7 Å². The lowest BCUT2D eigenvalue weighted by Gasteiger charge is -2.25. The number of fused-ring (bicyclic) bond motifs is 3. The van der Waals surface area contributed by atoms with E-state index in [1.54, 1.807) is 16.7 Å². The molecule has 0 fully saturated rings. The predicted molar refractivity (Wildman–Crippen MR) is 134 cm³/mol. The van der Waals surface area contributed by atoms with Crippen molar-refractivity contribution in [1.82, 2.24) is 14.5 Å². The van der Waals surface area contributed by atoms with Crippen LogP contribution < -0.4 is 31.7 Å². The van der Waals surface area contributed by atoms with Gasteiger partial charge in [0.05, 0.1) is 18.5 Å². The number of benzene rings is 2. The van der Waals surface area contributed by atoms with E-state index in [1.807, 2.05) is 32.9 Å². The molecule has 0 bridgehead atoms. The summed E-state index contributed by atoms with van der Waals surface area (Å²) < 4.78 is 38.9. The van der Waals surface area contributed by atoms with Gasteiger partial charge in [-0.3, -0.25) is 9.13 Å². The molecule has 3 N–H and O–H groups in total. The third kappa shape index (κ3) is 5.35. The Morgan fingerprint density at radius 3 is 2.46 bits per heavy atom. The van der Waals surface area contributed by atoms with E-state index in [9.17, 15) is 18.4 Å². The highest BCUT2D eigenvalue weighted by Gasteiger charge is 2.23. The SMILES string of the molecule is COc1cc2c(cc1OC(F)F)CCn1c-2cc(=Nc2c(C)cc(C)cc2C)n(CCNC(N)=O)c1=O. The summed E-state index contributed by atoms with van der Waals surface area (Å²) in [5.74, 6) is 0.0671. The zero-order valence-electron chi connectivity index (χ0n) is 21.1. The largest absolute Gasteiger partial charge is 0.493 e. The fourth-order valence-electron chi connectivity index (χ4n) is 4.75. The van der Waals surface area contributed by atoms with Crippen LogP contribution in [0.15, 0.2) is 40.1 Å². The van der Waals surface area contributed by atoms with Gasteiger partial charge in [0.25, 0.3) is 0 Å². The molecule has 0 spiro atoms. The Morgan fingerprint density at radius 2 is 1.84 bits per heavy atom. The Kier molecular flexibility index (Phi) is 7.33. The molecule has 4 rings (SSSR count). The van der Waals surface area contributed by atoms with Crippen LogP contribution in [-0.4, -0.2) is 35.4 Å². The molecule has 1 aromatic heterocycles. The zero-order chi connectivity index (χ0) is 26.9. The molecule has 0 saturated carbocycles. The van der Waals surface area contributed by atoms with Gasteiger partial charge >= 0.3 is 18.3 Å². The number of urea groups is 1. The molecule has 9 nitrogen and oxygen atoms in total. The Balaban J connectivity index is 1.96. The molecule has 0 radical (unpaired) electrons. The second-order valence-corrected chi connectivity index (χ2v) is 8.91. The predicted octanol–water partition coefficient (Wildman–Crippen LogP) is 3.31. The molecule has 11 heteroatoms. The average Bonchev–Trinajstić information content (AvgIpc) is 2.81. The number of hydrogen-bond acceptors (Lipinski definition) is 5. The van der Waals surface area contributed by atoms with Crippen LogP contribution in [0.1, 0.15) is 22.3 Å². The highest BCUT2D eigenvalue weighted by Crippen LogP contribution is 2.38. The summed E-state index contributed by atoms with van der Waals surface area (Å²) in [6.07, 6.45) is 0.429. The number of aromatic nitrogens is 2. The van der Waals surface area contributed by atoms with Crippen molar-refractivity contribution in [3.63, 3.8) is 0 Å². The molecular formula is C26H29F2N5O4. The first kappa shape index (κ1) is 25.9. The minimum absolute atomic E-state index is 0.0635. The van der Waals surface area contributed by atoms with Crippen molar-refractivity contribution >= 4 is 11.7 Å². The van der Waals surface area contributed by atoms with Gasteiger partial charge in [-0.25, -0.2) is 14.6 Å². The van der Waals surface area contributed by atoms with Gasteiger partial charge < -0.3 is 20.5 Å². The molecule has 0 saturated heterocycles. The third-order valence-electron chi connectivity index (χ3n) is 6.28. The van der Waals surface area contributed by atoms with Crippen LogP contribution in [0.3, 0.4) is 0 Å². The van der Waals surface area contributed by atoms with E-state index in [2.05, 4.69) is 10.1 Å². The van der Waals surface area contributed by atoms with Gasteiger partial charge in [0, 0.05) is 31.3 Å². The second kappa shape index (κ2) is 10.5. The summed E-state index contributed by atoms with van der Waals surface area (Å²) in [6.45, 7) is 3.53. The molecule has 0 unspecified atom stereocenters. The molecule has 2 amide bonds. The molecule has 2 aromatic carbocycles.